The number of amides is 1. The van der Waals surface area contributed by atoms with E-state index in [1.165, 1.54) is 7.11 Å². The van der Waals surface area contributed by atoms with E-state index in [-0.39, 0.29) is 6.42 Å². The lowest BCUT2D eigenvalue weighted by Crippen LogP contribution is -2.36. The van der Waals surface area contributed by atoms with Gasteiger partial charge in [-0.2, -0.15) is 13.2 Å². The topological polar surface area (TPSA) is 38.3 Å². The molecule has 1 aliphatic rings. The SMILES string of the molecule is COc1ccc([C@H]2C=C(C(F)(F)F)NC(=O)C2)cc1. The van der Waals surface area contributed by atoms with Gasteiger partial charge in [-0.15, -0.1) is 0 Å². The average molecular weight is 271 g/mol. The summed E-state index contributed by atoms with van der Waals surface area (Å²) in [6.07, 6.45) is -3.49. The van der Waals surface area contributed by atoms with Crippen LogP contribution in [0.15, 0.2) is 36.0 Å². The van der Waals surface area contributed by atoms with Crippen molar-refractivity contribution in [3.8, 4) is 5.75 Å². The van der Waals surface area contributed by atoms with Gasteiger partial charge in [-0.05, 0) is 23.8 Å². The molecule has 1 amide bonds. The fourth-order valence-electron chi connectivity index (χ4n) is 1.93. The zero-order valence-electron chi connectivity index (χ0n) is 10.1. The lowest BCUT2D eigenvalue weighted by Gasteiger charge is -2.23. The van der Waals surface area contributed by atoms with Gasteiger partial charge in [0.05, 0.1) is 7.11 Å². The second kappa shape index (κ2) is 4.95. The van der Waals surface area contributed by atoms with Crippen molar-refractivity contribution in [2.45, 2.75) is 18.5 Å². The molecule has 1 aromatic carbocycles. The number of rotatable bonds is 2. The predicted molar refractivity (Wildman–Crippen MR) is 62.6 cm³/mol. The lowest BCUT2D eigenvalue weighted by molar-refractivity contribution is -0.128. The Labute approximate surface area is 108 Å². The van der Waals surface area contributed by atoms with Gasteiger partial charge in [-0.3, -0.25) is 4.79 Å². The third-order valence-corrected chi connectivity index (χ3v) is 2.90. The van der Waals surface area contributed by atoms with Crippen LogP contribution in [-0.4, -0.2) is 19.2 Å². The Balaban J connectivity index is 2.30. The number of alkyl halides is 3. The molecule has 1 atom stereocenters. The van der Waals surface area contributed by atoms with Gasteiger partial charge in [0.2, 0.25) is 5.91 Å². The first kappa shape index (κ1) is 13.5. The van der Waals surface area contributed by atoms with Gasteiger partial charge in [0.15, 0.2) is 0 Å². The van der Waals surface area contributed by atoms with Gasteiger partial charge in [0.25, 0.3) is 0 Å². The predicted octanol–water partition coefficient (Wildman–Crippen LogP) is 2.74. The normalized spacial score (nSPS) is 19.7. The number of benzene rings is 1. The van der Waals surface area contributed by atoms with Crippen molar-refractivity contribution in [2.24, 2.45) is 0 Å². The standard InChI is InChI=1S/C13H12F3NO2/c1-19-10-4-2-8(3-5-10)9-6-11(13(14,15)16)17-12(18)7-9/h2-6,9H,7H2,1H3,(H,17,18)/t9-/m0/s1. The molecule has 3 nitrogen and oxygen atoms in total. The van der Waals surface area contributed by atoms with Crippen LogP contribution in [0.2, 0.25) is 0 Å². The van der Waals surface area contributed by atoms with Crippen LogP contribution in [0, 0.1) is 0 Å². The summed E-state index contributed by atoms with van der Waals surface area (Å²) in [5, 5.41) is 1.85. The largest absolute Gasteiger partial charge is 0.497 e. The van der Waals surface area contributed by atoms with Crippen LogP contribution in [0.5, 0.6) is 5.75 Å². The van der Waals surface area contributed by atoms with Gasteiger partial charge in [-0.25, -0.2) is 0 Å². The summed E-state index contributed by atoms with van der Waals surface area (Å²) in [6, 6.07) is 6.63. The summed E-state index contributed by atoms with van der Waals surface area (Å²) >= 11 is 0. The highest BCUT2D eigenvalue weighted by Gasteiger charge is 2.38. The second-order valence-electron chi connectivity index (χ2n) is 4.21. The maximum absolute atomic E-state index is 12.6. The van der Waals surface area contributed by atoms with Crippen molar-refractivity contribution >= 4 is 5.91 Å². The third kappa shape index (κ3) is 3.07. The zero-order chi connectivity index (χ0) is 14.0. The molecule has 0 unspecified atom stereocenters. The first-order valence-electron chi connectivity index (χ1n) is 5.63. The summed E-state index contributed by atoms with van der Waals surface area (Å²) in [7, 11) is 1.50. The molecule has 1 N–H and O–H groups in total. The average Bonchev–Trinajstić information content (AvgIpc) is 2.37. The number of halogens is 3. The van der Waals surface area contributed by atoms with Crippen LogP contribution in [0.4, 0.5) is 13.2 Å². The molecule has 2 rings (SSSR count). The Morgan fingerprint density at radius 3 is 2.42 bits per heavy atom. The smallest absolute Gasteiger partial charge is 0.431 e. The minimum absolute atomic E-state index is 0.00586. The van der Waals surface area contributed by atoms with Gasteiger partial charge in [0, 0.05) is 12.3 Å². The molecule has 0 bridgehead atoms. The number of carbonyl (C=O) groups is 1. The number of hydrogen-bond acceptors (Lipinski definition) is 2. The van der Waals surface area contributed by atoms with E-state index in [0.717, 1.165) is 6.08 Å². The van der Waals surface area contributed by atoms with E-state index in [1.807, 2.05) is 5.32 Å². The Hall–Kier alpha value is -1.98. The summed E-state index contributed by atoms with van der Waals surface area (Å²) in [5.74, 6) is -0.587. The highest BCUT2D eigenvalue weighted by molar-refractivity contribution is 5.80. The molecule has 0 radical (unpaired) electrons. The van der Waals surface area contributed by atoms with Gasteiger partial charge >= 0.3 is 6.18 Å². The highest BCUT2D eigenvalue weighted by atomic mass is 19.4. The number of allylic oxidation sites excluding steroid dienone is 2. The van der Waals surface area contributed by atoms with Crippen LogP contribution in [-0.2, 0) is 4.79 Å². The van der Waals surface area contributed by atoms with Crippen LogP contribution in [0.3, 0.4) is 0 Å². The molecule has 1 heterocycles. The van der Waals surface area contributed by atoms with Crippen molar-refractivity contribution in [1.82, 2.24) is 5.32 Å². The molecule has 0 spiro atoms. The second-order valence-corrected chi connectivity index (χ2v) is 4.21. The molecule has 0 aliphatic carbocycles. The third-order valence-electron chi connectivity index (χ3n) is 2.90. The van der Waals surface area contributed by atoms with Gasteiger partial charge in [-0.1, -0.05) is 12.1 Å². The summed E-state index contributed by atoms with van der Waals surface area (Å²) < 4.78 is 42.8. The zero-order valence-corrected chi connectivity index (χ0v) is 10.1. The van der Waals surface area contributed by atoms with Crippen LogP contribution >= 0.6 is 0 Å². The first-order chi connectivity index (χ1) is 8.90. The molecule has 0 saturated heterocycles. The van der Waals surface area contributed by atoms with Gasteiger partial charge < -0.3 is 10.1 Å². The fourth-order valence-corrected chi connectivity index (χ4v) is 1.93. The quantitative estimate of drug-likeness (QED) is 0.898. The molecular weight excluding hydrogens is 259 g/mol. The fraction of sp³-hybridized carbons (Fsp3) is 0.308. The van der Waals surface area contributed by atoms with E-state index in [2.05, 4.69) is 0 Å². The number of hydrogen-bond donors (Lipinski definition) is 1. The summed E-state index contributed by atoms with van der Waals surface area (Å²) in [6.45, 7) is 0. The Morgan fingerprint density at radius 1 is 1.26 bits per heavy atom. The molecule has 0 aromatic heterocycles. The van der Waals surface area contributed by atoms with Crippen molar-refractivity contribution in [3.05, 3.63) is 41.6 Å². The van der Waals surface area contributed by atoms with E-state index in [4.69, 9.17) is 4.74 Å². The van der Waals surface area contributed by atoms with E-state index < -0.39 is 23.7 Å². The molecule has 19 heavy (non-hydrogen) atoms. The van der Waals surface area contributed by atoms with E-state index in [0.29, 0.717) is 11.3 Å². The number of nitrogens with one attached hydrogen (secondary N) is 1. The number of methoxy groups -OCH3 is 1. The maximum atomic E-state index is 12.6. The summed E-state index contributed by atoms with van der Waals surface area (Å²) in [4.78, 5) is 11.4. The van der Waals surface area contributed by atoms with Crippen molar-refractivity contribution < 1.29 is 22.7 Å². The molecule has 6 heteroatoms. The highest BCUT2D eigenvalue weighted by Crippen LogP contribution is 2.33. The Kier molecular flexibility index (Phi) is 3.50. The first-order valence-corrected chi connectivity index (χ1v) is 5.63. The van der Waals surface area contributed by atoms with E-state index >= 15 is 0 Å². The van der Waals surface area contributed by atoms with Crippen molar-refractivity contribution in [3.63, 3.8) is 0 Å². The molecule has 1 aliphatic heterocycles. The minimum Gasteiger partial charge on any atom is -0.497 e. The lowest BCUT2D eigenvalue weighted by atomic mass is 9.92. The Morgan fingerprint density at radius 2 is 1.89 bits per heavy atom. The van der Waals surface area contributed by atoms with E-state index in [9.17, 15) is 18.0 Å². The van der Waals surface area contributed by atoms with Crippen LogP contribution in [0.25, 0.3) is 0 Å². The number of ether oxygens (including phenoxy) is 1. The monoisotopic (exact) mass is 271 g/mol. The van der Waals surface area contributed by atoms with Crippen molar-refractivity contribution in [1.29, 1.82) is 0 Å². The van der Waals surface area contributed by atoms with Crippen molar-refractivity contribution in [2.75, 3.05) is 7.11 Å². The Bertz CT molecular complexity index is 506. The van der Waals surface area contributed by atoms with E-state index in [1.54, 1.807) is 24.3 Å². The van der Waals surface area contributed by atoms with Crippen LogP contribution in [0.1, 0.15) is 17.9 Å². The molecule has 0 fully saturated rings. The van der Waals surface area contributed by atoms with Gasteiger partial charge in [0.1, 0.15) is 11.4 Å². The molecule has 1 aromatic rings. The molecule has 0 saturated carbocycles. The molecule has 102 valence electrons. The summed E-state index contributed by atoms with van der Waals surface area (Å²) in [5.41, 5.74) is -0.345. The maximum Gasteiger partial charge on any atom is 0.431 e. The molecular formula is C13H12F3NO2. The minimum atomic E-state index is -4.54. The van der Waals surface area contributed by atoms with Crippen LogP contribution < -0.4 is 10.1 Å². The number of carbonyl (C=O) groups excluding carboxylic acids is 1.